The van der Waals surface area contributed by atoms with Crippen molar-refractivity contribution in [2.24, 2.45) is 0 Å². The molecule has 1 aliphatic rings. The zero-order valence-electron chi connectivity index (χ0n) is 12.4. The van der Waals surface area contributed by atoms with E-state index in [0.717, 1.165) is 43.3 Å². The van der Waals surface area contributed by atoms with E-state index in [0.29, 0.717) is 11.1 Å². The lowest BCUT2D eigenvalue weighted by atomic mass is 10.0. The Balaban J connectivity index is 2.24. The highest BCUT2D eigenvalue weighted by Crippen LogP contribution is 2.29. The largest absolute Gasteiger partial charge is 0.478 e. The minimum atomic E-state index is -0.946. The fourth-order valence-electron chi connectivity index (χ4n) is 2.70. The molecule has 114 valence electrons. The Morgan fingerprint density at radius 1 is 1.43 bits per heavy atom. The van der Waals surface area contributed by atoms with Crippen molar-refractivity contribution in [1.29, 1.82) is 0 Å². The third-order valence-corrected chi connectivity index (χ3v) is 4.25. The minimum Gasteiger partial charge on any atom is -0.478 e. The highest BCUT2D eigenvalue weighted by atomic mass is 35.5. The molecule has 5 heteroatoms. The van der Waals surface area contributed by atoms with Gasteiger partial charge in [-0.2, -0.15) is 0 Å². The van der Waals surface area contributed by atoms with Crippen LogP contribution in [0, 0.1) is 0 Å². The molecule has 0 bridgehead atoms. The molecule has 21 heavy (non-hydrogen) atoms. The Bertz CT molecular complexity index is 537. The third kappa shape index (κ3) is 4.22. The molecule has 4 nitrogen and oxygen atoms in total. The number of carbonyl (C=O) groups is 1. The Kier molecular flexibility index (Phi) is 5.26. The van der Waals surface area contributed by atoms with Crippen molar-refractivity contribution < 1.29 is 9.90 Å². The van der Waals surface area contributed by atoms with Gasteiger partial charge in [-0.15, -0.1) is 0 Å². The summed E-state index contributed by atoms with van der Waals surface area (Å²) < 4.78 is 0. The van der Waals surface area contributed by atoms with Crippen LogP contribution in [-0.4, -0.2) is 49.2 Å². The molecule has 1 N–H and O–H groups in total. The number of anilines is 1. The van der Waals surface area contributed by atoms with Crippen LogP contribution in [0.5, 0.6) is 0 Å². The van der Waals surface area contributed by atoms with E-state index in [9.17, 15) is 4.79 Å². The number of carboxylic acid groups (broad SMARTS) is 1. The molecule has 0 saturated carbocycles. The van der Waals surface area contributed by atoms with Crippen LogP contribution in [0.2, 0.25) is 5.02 Å². The summed E-state index contributed by atoms with van der Waals surface area (Å²) in [7, 11) is 4.19. The van der Waals surface area contributed by atoms with Crippen LogP contribution in [0.4, 0.5) is 5.69 Å². The number of aliphatic carboxylic acids is 1. The Labute approximate surface area is 130 Å². The molecule has 1 fully saturated rings. The molecule has 2 rings (SSSR count). The van der Waals surface area contributed by atoms with Crippen LogP contribution >= 0.6 is 11.6 Å². The number of benzene rings is 1. The molecular weight excluding hydrogens is 288 g/mol. The fraction of sp³-hybridized carbons (Fsp3) is 0.438. The average molecular weight is 309 g/mol. The number of halogens is 1. The fourth-order valence-corrected chi connectivity index (χ4v) is 2.87. The van der Waals surface area contributed by atoms with E-state index >= 15 is 0 Å². The van der Waals surface area contributed by atoms with Crippen molar-refractivity contribution in [1.82, 2.24) is 4.90 Å². The number of likely N-dealkylation sites (tertiary alicyclic amines) is 1. The molecule has 1 saturated heterocycles. The van der Waals surface area contributed by atoms with E-state index in [1.807, 2.05) is 12.1 Å². The monoisotopic (exact) mass is 308 g/mol. The molecule has 0 atom stereocenters. The summed E-state index contributed by atoms with van der Waals surface area (Å²) in [6.07, 6.45) is 4.98. The maximum absolute atomic E-state index is 10.7. The van der Waals surface area contributed by atoms with E-state index in [1.54, 1.807) is 12.1 Å². The molecule has 1 aliphatic heterocycles. The first kappa shape index (κ1) is 15.9. The predicted molar refractivity (Wildman–Crippen MR) is 87.0 cm³/mol. The van der Waals surface area contributed by atoms with Crippen LogP contribution in [0.1, 0.15) is 18.4 Å². The Morgan fingerprint density at radius 2 is 2.10 bits per heavy atom. The first-order valence-corrected chi connectivity index (χ1v) is 7.47. The molecule has 0 aliphatic carbocycles. The van der Waals surface area contributed by atoms with Gasteiger partial charge < -0.3 is 14.9 Å². The van der Waals surface area contributed by atoms with Crippen molar-refractivity contribution in [3.8, 4) is 0 Å². The zero-order valence-corrected chi connectivity index (χ0v) is 13.2. The lowest BCUT2D eigenvalue weighted by Gasteiger charge is -2.37. The third-order valence-electron chi connectivity index (χ3n) is 4.01. The van der Waals surface area contributed by atoms with Crippen molar-refractivity contribution >= 4 is 29.3 Å². The first-order chi connectivity index (χ1) is 9.97. The van der Waals surface area contributed by atoms with E-state index < -0.39 is 5.97 Å². The molecule has 0 radical (unpaired) electrons. The summed E-state index contributed by atoms with van der Waals surface area (Å²) in [5, 5.41) is 9.47. The van der Waals surface area contributed by atoms with Gasteiger partial charge in [0.25, 0.3) is 0 Å². The van der Waals surface area contributed by atoms with Crippen molar-refractivity contribution in [3.63, 3.8) is 0 Å². The summed E-state index contributed by atoms with van der Waals surface area (Å²) in [6, 6.07) is 6.01. The molecule has 0 unspecified atom stereocenters. The summed E-state index contributed by atoms with van der Waals surface area (Å²) in [4.78, 5) is 15.3. The number of piperidine rings is 1. The molecular formula is C16H21ClN2O2. The van der Waals surface area contributed by atoms with E-state index in [4.69, 9.17) is 16.7 Å². The van der Waals surface area contributed by atoms with Gasteiger partial charge in [0.1, 0.15) is 0 Å². The highest BCUT2D eigenvalue weighted by molar-refractivity contribution is 6.31. The quantitative estimate of drug-likeness (QED) is 0.869. The van der Waals surface area contributed by atoms with Crippen molar-refractivity contribution in [2.75, 3.05) is 32.1 Å². The maximum Gasteiger partial charge on any atom is 0.328 e. The van der Waals surface area contributed by atoms with Gasteiger partial charge in [-0.3, -0.25) is 0 Å². The van der Waals surface area contributed by atoms with Gasteiger partial charge in [0, 0.05) is 29.9 Å². The van der Waals surface area contributed by atoms with E-state index in [2.05, 4.69) is 23.9 Å². The smallest absolute Gasteiger partial charge is 0.328 e. The average Bonchev–Trinajstić information content (AvgIpc) is 2.46. The van der Waals surface area contributed by atoms with E-state index in [1.165, 1.54) is 0 Å². The molecule has 1 aromatic carbocycles. The van der Waals surface area contributed by atoms with Gasteiger partial charge in [0.2, 0.25) is 0 Å². The number of hydrogen-bond acceptors (Lipinski definition) is 3. The summed E-state index contributed by atoms with van der Waals surface area (Å²) >= 11 is 6.11. The summed E-state index contributed by atoms with van der Waals surface area (Å²) in [5.41, 5.74) is 1.86. The van der Waals surface area contributed by atoms with Gasteiger partial charge in [-0.25, -0.2) is 4.79 Å². The predicted octanol–water partition coefficient (Wildman–Crippen LogP) is 2.97. The van der Waals surface area contributed by atoms with Crippen LogP contribution in [0.3, 0.4) is 0 Å². The number of hydrogen-bond donors (Lipinski definition) is 1. The van der Waals surface area contributed by atoms with Crippen molar-refractivity contribution in [3.05, 3.63) is 34.9 Å². The standard InChI is InChI=1S/C16H21ClN2O2/c1-18-9-7-14(8-10-18)19(2)15-11-13(17)5-3-12(15)4-6-16(20)21/h3-6,11,14H,7-10H2,1-2H3,(H,20,21)/b6-4+. The normalized spacial score (nSPS) is 17.3. The zero-order chi connectivity index (χ0) is 15.4. The van der Waals surface area contributed by atoms with Gasteiger partial charge in [0.05, 0.1) is 0 Å². The Morgan fingerprint density at radius 3 is 2.71 bits per heavy atom. The van der Waals surface area contributed by atoms with Gasteiger partial charge in [-0.05, 0) is 56.8 Å². The minimum absolute atomic E-state index is 0.455. The van der Waals surface area contributed by atoms with Crippen LogP contribution in [0.15, 0.2) is 24.3 Å². The van der Waals surface area contributed by atoms with Gasteiger partial charge in [-0.1, -0.05) is 17.7 Å². The summed E-state index contributed by atoms with van der Waals surface area (Å²) in [5.74, 6) is -0.946. The highest BCUT2D eigenvalue weighted by Gasteiger charge is 2.22. The lowest BCUT2D eigenvalue weighted by molar-refractivity contribution is -0.131. The molecule has 1 aromatic rings. The van der Waals surface area contributed by atoms with Gasteiger partial charge in [0.15, 0.2) is 0 Å². The van der Waals surface area contributed by atoms with Crippen LogP contribution in [0.25, 0.3) is 6.08 Å². The SMILES string of the molecule is CN1CCC(N(C)c2cc(Cl)ccc2/C=C/C(=O)O)CC1. The van der Waals surface area contributed by atoms with Crippen LogP contribution in [-0.2, 0) is 4.79 Å². The topological polar surface area (TPSA) is 43.8 Å². The summed E-state index contributed by atoms with van der Waals surface area (Å²) in [6.45, 7) is 2.16. The second kappa shape index (κ2) is 6.96. The first-order valence-electron chi connectivity index (χ1n) is 7.09. The van der Waals surface area contributed by atoms with Gasteiger partial charge >= 0.3 is 5.97 Å². The Hall–Kier alpha value is -1.52. The molecule has 0 amide bonds. The number of carboxylic acids is 1. The molecule has 0 spiro atoms. The van der Waals surface area contributed by atoms with Crippen molar-refractivity contribution in [2.45, 2.75) is 18.9 Å². The second-order valence-electron chi connectivity index (χ2n) is 5.52. The molecule has 0 aromatic heterocycles. The van der Waals surface area contributed by atoms with E-state index in [-0.39, 0.29) is 0 Å². The maximum atomic E-state index is 10.7. The number of rotatable bonds is 4. The van der Waals surface area contributed by atoms with Crippen LogP contribution < -0.4 is 4.90 Å². The number of nitrogens with zero attached hydrogens (tertiary/aromatic N) is 2. The molecule has 1 heterocycles. The second-order valence-corrected chi connectivity index (χ2v) is 5.96. The lowest BCUT2D eigenvalue weighted by Crippen LogP contribution is -2.42.